The second-order valence-electron chi connectivity index (χ2n) is 8.85. The van der Waals surface area contributed by atoms with E-state index in [1.54, 1.807) is 11.0 Å². The summed E-state index contributed by atoms with van der Waals surface area (Å²) in [7, 11) is 0. The van der Waals surface area contributed by atoms with E-state index < -0.39 is 0 Å². The van der Waals surface area contributed by atoms with Crippen LogP contribution in [0.1, 0.15) is 58.1 Å². The van der Waals surface area contributed by atoms with Crippen LogP contribution in [-0.2, 0) is 14.3 Å². The number of hydrogen-bond acceptors (Lipinski definition) is 6. The first-order valence-electron chi connectivity index (χ1n) is 10.2. The number of carbonyl (C=O) groups excluding carboxylic acids is 2. The van der Waals surface area contributed by atoms with Crippen molar-refractivity contribution >= 4 is 40.3 Å². The van der Waals surface area contributed by atoms with Crippen molar-refractivity contribution in [1.82, 2.24) is 4.98 Å². The number of esters is 1. The van der Waals surface area contributed by atoms with Gasteiger partial charge in [-0.3, -0.25) is 9.69 Å². The highest BCUT2D eigenvalue weighted by Gasteiger charge is 2.55. The van der Waals surface area contributed by atoms with E-state index in [-0.39, 0.29) is 17.3 Å². The molecule has 0 spiro atoms. The highest BCUT2D eigenvalue weighted by atomic mass is 32.1. The first-order valence-corrected chi connectivity index (χ1v) is 11.1. The summed E-state index contributed by atoms with van der Waals surface area (Å²) in [6, 6.07) is 0. The minimum absolute atomic E-state index is 0.0269. The number of ether oxygens (including phenoxy) is 1. The lowest BCUT2D eigenvalue weighted by Gasteiger charge is -2.55. The molecular weight excluding hydrogens is 374 g/mol. The average molecular weight is 400 g/mol. The van der Waals surface area contributed by atoms with Gasteiger partial charge in [-0.15, -0.1) is 11.3 Å². The molecule has 6 nitrogen and oxygen atoms in total. The summed E-state index contributed by atoms with van der Waals surface area (Å²) in [5.41, 5.74) is 0.941. The summed E-state index contributed by atoms with van der Waals surface area (Å²) < 4.78 is 5.70. The summed E-state index contributed by atoms with van der Waals surface area (Å²) >= 11 is 1.39. The molecule has 0 aromatic carbocycles. The van der Waals surface area contributed by atoms with E-state index in [4.69, 9.17) is 4.74 Å². The fourth-order valence-electron chi connectivity index (χ4n) is 6.11. The molecule has 1 aromatic heterocycles. The molecule has 7 heteroatoms. The Hall–Kier alpha value is -2.02. The summed E-state index contributed by atoms with van der Waals surface area (Å²) in [5, 5.41) is 2.48. The topological polar surface area (TPSA) is 71.9 Å². The van der Waals surface area contributed by atoms with Crippen LogP contribution in [0, 0.1) is 23.2 Å². The van der Waals surface area contributed by atoms with Crippen molar-refractivity contribution in [2.24, 2.45) is 28.2 Å². The molecule has 4 saturated carbocycles. The van der Waals surface area contributed by atoms with Crippen molar-refractivity contribution < 1.29 is 14.3 Å². The van der Waals surface area contributed by atoms with Gasteiger partial charge in [0.15, 0.2) is 10.8 Å². The van der Waals surface area contributed by atoms with E-state index in [0.717, 1.165) is 37.0 Å². The molecule has 0 atom stereocenters. The fraction of sp³-hybridized carbons (Fsp3) is 0.619. The standard InChI is InChI=1S/C21H25N3O3S/c1-3-24(12(2)25)20-22-16(11-28-20)7-17-18(26)27-19(23-17)21-8-13-4-14(9-21)6-15(5-13)10-21/h7,11,13-15H,3-6,8-10H2,1-2H3/b17-7-. The molecule has 0 radical (unpaired) electrons. The zero-order valence-electron chi connectivity index (χ0n) is 16.3. The van der Waals surface area contributed by atoms with Crippen LogP contribution in [-0.4, -0.2) is 29.3 Å². The Kier molecular flexibility index (Phi) is 4.19. The van der Waals surface area contributed by atoms with Crippen LogP contribution in [0.25, 0.3) is 6.08 Å². The van der Waals surface area contributed by atoms with Gasteiger partial charge in [0.1, 0.15) is 0 Å². The van der Waals surface area contributed by atoms with Crippen molar-refractivity contribution in [3.63, 3.8) is 0 Å². The van der Waals surface area contributed by atoms with Crippen molar-refractivity contribution in [3.8, 4) is 0 Å². The molecule has 1 amide bonds. The lowest BCUT2D eigenvalue weighted by atomic mass is 9.49. The van der Waals surface area contributed by atoms with Gasteiger partial charge in [0, 0.05) is 24.3 Å². The molecule has 2 heterocycles. The van der Waals surface area contributed by atoms with Crippen molar-refractivity contribution in [3.05, 3.63) is 16.8 Å². The van der Waals surface area contributed by atoms with Crippen molar-refractivity contribution in [2.75, 3.05) is 11.4 Å². The highest BCUT2D eigenvalue weighted by molar-refractivity contribution is 7.14. The lowest BCUT2D eigenvalue weighted by Crippen LogP contribution is -2.50. The summed E-state index contributed by atoms with van der Waals surface area (Å²) in [6.45, 7) is 4.01. The Morgan fingerprint density at radius 1 is 1.29 bits per heavy atom. The molecule has 4 bridgehead atoms. The van der Waals surface area contributed by atoms with E-state index in [1.165, 1.54) is 37.5 Å². The van der Waals surface area contributed by atoms with Gasteiger partial charge in [-0.25, -0.2) is 14.8 Å². The molecule has 1 aromatic rings. The van der Waals surface area contributed by atoms with Gasteiger partial charge in [-0.05, 0) is 69.3 Å². The van der Waals surface area contributed by atoms with Crippen LogP contribution < -0.4 is 4.90 Å². The maximum atomic E-state index is 12.5. The van der Waals surface area contributed by atoms with Gasteiger partial charge in [0.2, 0.25) is 11.8 Å². The number of carbonyl (C=O) groups is 2. The van der Waals surface area contributed by atoms with E-state index in [1.807, 2.05) is 12.3 Å². The molecule has 4 aliphatic carbocycles. The van der Waals surface area contributed by atoms with Crippen LogP contribution in [0.2, 0.25) is 0 Å². The molecule has 0 N–H and O–H groups in total. The number of anilines is 1. The summed E-state index contributed by atoms with van der Waals surface area (Å²) in [4.78, 5) is 35.0. The Balaban J connectivity index is 1.41. The lowest BCUT2D eigenvalue weighted by molar-refractivity contribution is -0.131. The van der Waals surface area contributed by atoms with E-state index in [2.05, 4.69) is 9.98 Å². The zero-order chi connectivity index (χ0) is 19.5. The van der Waals surface area contributed by atoms with E-state index in [9.17, 15) is 9.59 Å². The van der Waals surface area contributed by atoms with Crippen LogP contribution in [0.4, 0.5) is 5.13 Å². The van der Waals surface area contributed by atoms with E-state index in [0.29, 0.717) is 29.0 Å². The quantitative estimate of drug-likeness (QED) is 0.566. The number of nitrogens with zero attached hydrogens (tertiary/aromatic N) is 3. The predicted octanol–water partition coefficient (Wildman–Crippen LogP) is 4.03. The minimum Gasteiger partial charge on any atom is -0.406 e. The molecule has 0 unspecified atom stereocenters. The predicted molar refractivity (Wildman–Crippen MR) is 108 cm³/mol. The summed E-state index contributed by atoms with van der Waals surface area (Å²) in [5.74, 6) is 2.55. The van der Waals surface area contributed by atoms with Gasteiger partial charge < -0.3 is 4.74 Å². The smallest absolute Gasteiger partial charge is 0.363 e. The van der Waals surface area contributed by atoms with Crippen LogP contribution >= 0.6 is 11.3 Å². The molecular formula is C21H25N3O3S. The summed E-state index contributed by atoms with van der Waals surface area (Å²) in [6.07, 6.45) is 9.05. The Bertz CT molecular complexity index is 865. The number of rotatable bonds is 4. The third-order valence-electron chi connectivity index (χ3n) is 6.83. The third-order valence-corrected chi connectivity index (χ3v) is 7.72. The Morgan fingerprint density at radius 3 is 2.50 bits per heavy atom. The molecule has 4 fully saturated rings. The molecule has 6 rings (SSSR count). The SMILES string of the molecule is CCN(C(C)=O)c1nc(/C=C2\N=C(C34CC5CC(CC(C5)C3)C4)OC2=O)cs1. The van der Waals surface area contributed by atoms with Gasteiger partial charge in [0.25, 0.3) is 0 Å². The molecule has 0 saturated heterocycles. The Morgan fingerprint density at radius 2 is 1.93 bits per heavy atom. The van der Waals surface area contributed by atoms with Crippen LogP contribution in [0.3, 0.4) is 0 Å². The second kappa shape index (κ2) is 6.51. The van der Waals surface area contributed by atoms with Crippen LogP contribution in [0.5, 0.6) is 0 Å². The molecule has 28 heavy (non-hydrogen) atoms. The minimum atomic E-state index is -0.376. The van der Waals surface area contributed by atoms with Gasteiger partial charge in [-0.2, -0.15) is 0 Å². The number of hydrogen-bond donors (Lipinski definition) is 0. The second-order valence-corrected chi connectivity index (χ2v) is 9.69. The van der Waals surface area contributed by atoms with Gasteiger partial charge in [-0.1, -0.05) is 0 Å². The average Bonchev–Trinajstić information content (AvgIpc) is 3.22. The zero-order valence-corrected chi connectivity index (χ0v) is 17.1. The first kappa shape index (κ1) is 18.0. The first-order chi connectivity index (χ1) is 13.5. The van der Waals surface area contributed by atoms with Crippen molar-refractivity contribution in [1.29, 1.82) is 0 Å². The molecule has 1 aliphatic heterocycles. The highest BCUT2D eigenvalue weighted by Crippen LogP contribution is 2.61. The van der Waals surface area contributed by atoms with Gasteiger partial charge >= 0.3 is 5.97 Å². The maximum absolute atomic E-state index is 12.5. The normalized spacial score (nSPS) is 34.6. The Labute approximate surface area is 168 Å². The largest absolute Gasteiger partial charge is 0.406 e. The maximum Gasteiger partial charge on any atom is 0.363 e. The third kappa shape index (κ3) is 2.91. The van der Waals surface area contributed by atoms with Crippen LogP contribution in [0.15, 0.2) is 16.1 Å². The number of cyclic esters (lactones) is 1. The van der Waals surface area contributed by atoms with Crippen molar-refractivity contribution in [2.45, 2.75) is 52.4 Å². The van der Waals surface area contributed by atoms with Gasteiger partial charge in [0.05, 0.1) is 5.69 Å². The fourth-order valence-corrected chi connectivity index (χ4v) is 7.00. The number of aromatic nitrogens is 1. The monoisotopic (exact) mass is 399 g/mol. The molecule has 148 valence electrons. The number of amides is 1. The van der Waals surface area contributed by atoms with E-state index >= 15 is 0 Å². The number of thiazole rings is 1. The number of aliphatic imine (C=N–C) groups is 1. The molecule has 5 aliphatic rings.